The molecular weight excluding hydrogens is 376 g/mol. The number of nitrogens with one attached hydrogen (secondary N) is 2. The molecule has 26 heavy (non-hydrogen) atoms. The zero-order valence-electron chi connectivity index (χ0n) is 13.9. The highest BCUT2D eigenvalue weighted by atomic mass is 35.5. The summed E-state index contributed by atoms with van der Waals surface area (Å²) in [6.45, 7) is 3.88. The van der Waals surface area contributed by atoms with Crippen LogP contribution in [0.4, 0.5) is 5.69 Å². The van der Waals surface area contributed by atoms with Crippen LogP contribution in [-0.4, -0.2) is 27.5 Å². The lowest BCUT2D eigenvalue weighted by atomic mass is 10.3. The van der Waals surface area contributed by atoms with Gasteiger partial charge in [0.1, 0.15) is 17.3 Å². The summed E-state index contributed by atoms with van der Waals surface area (Å²) in [5.74, 6) is 0.273. The minimum Gasteiger partial charge on any atom is -0.489 e. The van der Waals surface area contributed by atoms with Crippen LogP contribution in [-0.2, 0) is 14.8 Å². The lowest BCUT2D eigenvalue weighted by molar-refractivity contribution is -0.116. The Hall–Kier alpha value is -2.35. The van der Waals surface area contributed by atoms with Crippen LogP contribution in [0.25, 0.3) is 0 Å². The van der Waals surface area contributed by atoms with Gasteiger partial charge in [0.15, 0.2) is 0 Å². The number of rotatable bonds is 9. The molecule has 0 aliphatic heterocycles. The van der Waals surface area contributed by atoms with Gasteiger partial charge in [-0.05, 0) is 24.3 Å². The number of amides is 1. The van der Waals surface area contributed by atoms with Crippen molar-refractivity contribution < 1.29 is 17.9 Å². The van der Waals surface area contributed by atoms with Gasteiger partial charge in [0, 0.05) is 24.7 Å². The van der Waals surface area contributed by atoms with E-state index in [0.29, 0.717) is 18.0 Å². The van der Waals surface area contributed by atoms with E-state index in [1.807, 2.05) is 0 Å². The first-order valence-corrected chi connectivity index (χ1v) is 9.66. The molecule has 1 amide bonds. The minimum absolute atomic E-state index is 0.0193. The second-order valence-electron chi connectivity index (χ2n) is 5.25. The summed E-state index contributed by atoms with van der Waals surface area (Å²) >= 11 is 5.89. The molecule has 0 atom stereocenters. The predicted molar refractivity (Wildman–Crippen MR) is 102 cm³/mol. The molecule has 6 nitrogen and oxygen atoms in total. The molecule has 0 unspecified atom stereocenters. The Morgan fingerprint density at radius 2 is 1.96 bits per heavy atom. The van der Waals surface area contributed by atoms with E-state index in [4.69, 9.17) is 16.3 Å². The van der Waals surface area contributed by atoms with Gasteiger partial charge >= 0.3 is 0 Å². The van der Waals surface area contributed by atoms with Crippen molar-refractivity contribution in [3.8, 4) is 5.75 Å². The van der Waals surface area contributed by atoms with Crippen molar-refractivity contribution in [2.75, 3.05) is 18.5 Å². The molecule has 8 heteroatoms. The van der Waals surface area contributed by atoms with Crippen molar-refractivity contribution in [2.45, 2.75) is 11.3 Å². The van der Waals surface area contributed by atoms with Crippen LogP contribution in [0, 0.1) is 0 Å². The third-order valence-electron chi connectivity index (χ3n) is 3.26. The molecule has 0 radical (unpaired) electrons. The second-order valence-corrected chi connectivity index (χ2v) is 7.40. The maximum absolute atomic E-state index is 12.2. The van der Waals surface area contributed by atoms with Gasteiger partial charge in [-0.15, -0.1) is 0 Å². The van der Waals surface area contributed by atoms with Gasteiger partial charge in [-0.2, -0.15) is 0 Å². The van der Waals surface area contributed by atoms with E-state index in [1.165, 1.54) is 12.1 Å². The first-order valence-electron chi connectivity index (χ1n) is 7.80. The van der Waals surface area contributed by atoms with E-state index in [9.17, 15) is 13.2 Å². The number of halogens is 1. The molecule has 138 valence electrons. The van der Waals surface area contributed by atoms with Crippen molar-refractivity contribution in [3.05, 3.63) is 66.2 Å². The van der Waals surface area contributed by atoms with Gasteiger partial charge in [0.2, 0.25) is 15.9 Å². The summed E-state index contributed by atoms with van der Waals surface area (Å²) in [5, 5.41) is 2.82. The van der Waals surface area contributed by atoms with E-state index in [-0.39, 0.29) is 28.8 Å². The third kappa shape index (κ3) is 5.87. The summed E-state index contributed by atoms with van der Waals surface area (Å²) < 4.78 is 32.1. The Balaban J connectivity index is 1.87. The zero-order valence-corrected chi connectivity index (χ0v) is 15.5. The van der Waals surface area contributed by atoms with Crippen molar-refractivity contribution in [3.63, 3.8) is 0 Å². The summed E-state index contributed by atoms with van der Waals surface area (Å²) in [6.07, 6.45) is 1.60. The van der Waals surface area contributed by atoms with Crippen LogP contribution < -0.4 is 14.8 Å². The van der Waals surface area contributed by atoms with Crippen molar-refractivity contribution in [1.29, 1.82) is 0 Å². The normalized spacial score (nSPS) is 11.0. The summed E-state index contributed by atoms with van der Waals surface area (Å²) in [4.78, 5) is 12.0. The molecule has 0 aliphatic carbocycles. The smallest absolute Gasteiger partial charge is 0.242 e. The highest BCUT2D eigenvalue weighted by Crippen LogP contribution is 2.20. The molecule has 0 heterocycles. The van der Waals surface area contributed by atoms with E-state index in [1.54, 1.807) is 42.5 Å². The Kier molecular flexibility index (Phi) is 7.20. The van der Waals surface area contributed by atoms with Crippen molar-refractivity contribution in [2.24, 2.45) is 0 Å². The van der Waals surface area contributed by atoms with Crippen LogP contribution in [0.1, 0.15) is 6.42 Å². The Bertz CT molecular complexity index is 884. The molecule has 0 saturated carbocycles. The molecule has 0 spiro atoms. The monoisotopic (exact) mass is 394 g/mol. The summed E-state index contributed by atoms with van der Waals surface area (Å²) in [6, 6.07) is 13.0. The summed E-state index contributed by atoms with van der Waals surface area (Å²) in [5.41, 5.74) is 0.561. The molecule has 2 aromatic rings. The van der Waals surface area contributed by atoms with E-state index in [0.717, 1.165) is 0 Å². The maximum atomic E-state index is 12.2. The molecule has 2 aromatic carbocycles. The van der Waals surface area contributed by atoms with Crippen LogP contribution >= 0.6 is 11.6 Å². The van der Waals surface area contributed by atoms with E-state index >= 15 is 0 Å². The first-order chi connectivity index (χ1) is 12.4. The van der Waals surface area contributed by atoms with E-state index in [2.05, 4.69) is 16.6 Å². The standard InChI is InChI=1S/C18H19ClN2O4S/c1-2-12-25-15-7-5-6-14(13-15)21-18(22)10-11-20-26(23,24)17-9-4-3-8-16(17)19/h2-9,13,20H,1,10-12H2,(H,21,22). The average molecular weight is 395 g/mol. The molecule has 0 saturated heterocycles. The number of ether oxygens (including phenoxy) is 1. The number of benzene rings is 2. The minimum atomic E-state index is -3.77. The molecule has 2 rings (SSSR count). The number of hydrogen-bond acceptors (Lipinski definition) is 4. The molecule has 0 fully saturated rings. The number of sulfonamides is 1. The third-order valence-corrected chi connectivity index (χ3v) is 5.22. The predicted octanol–water partition coefficient (Wildman–Crippen LogP) is 3.21. The molecule has 2 N–H and O–H groups in total. The number of carbonyl (C=O) groups excluding carboxylic acids is 1. The molecule has 0 aromatic heterocycles. The van der Waals surface area contributed by atoms with Crippen LogP contribution in [0.15, 0.2) is 66.1 Å². The molecule has 0 aliphatic rings. The maximum Gasteiger partial charge on any atom is 0.242 e. The topological polar surface area (TPSA) is 84.5 Å². The molecular formula is C18H19ClN2O4S. The average Bonchev–Trinajstić information content (AvgIpc) is 2.60. The lowest BCUT2D eigenvalue weighted by Crippen LogP contribution is -2.28. The van der Waals surface area contributed by atoms with Gasteiger partial charge in [-0.25, -0.2) is 13.1 Å². The number of anilines is 1. The fourth-order valence-corrected chi connectivity index (χ4v) is 3.63. The zero-order chi connectivity index (χ0) is 19.0. The second kappa shape index (κ2) is 9.38. The quantitative estimate of drug-likeness (QED) is 0.639. The Morgan fingerprint density at radius 3 is 2.69 bits per heavy atom. The lowest BCUT2D eigenvalue weighted by Gasteiger charge is -2.09. The fraction of sp³-hybridized carbons (Fsp3) is 0.167. The number of carbonyl (C=O) groups is 1. The fourth-order valence-electron chi connectivity index (χ4n) is 2.08. The highest BCUT2D eigenvalue weighted by Gasteiger charge is 2.17. The van der Waals surface area contributed by atoms with Gasteiger partial charge in [0.05, 0.1) is 5.02 Å². The Labute approximate surface area is 157 Å². The van der Waals surface area contributed by atoms with Gasteiger partial charge in [-0.1, -0.05) is 42.5 Å². The van der Waals surface area contributed by atoms with Crippen molar-refractivity contribution in [1.82, 2.24) is 4.72 Å². The highest BCUT2D eigenvalue weighted by molar-refractivity contribution is 7.89. The molecule has 0 bridgehead atoms. The summed E-state index contributed by atoms with van der Waals surface area (Å²) in [7, 11) is -3.77. The van der Waals surface area contributed by atoms with Gasteiger partial charge in [0.25, 0.3) is 0 Å². The van der Waals surface area contributed by atoms with Crippen LogP contribution in [0.3, 0.4) is 0 Å². The van der Waals surface area contributed by atoms with Crippen LogP contribution in [0.5, 0.6) is 5.75 Å². The van der Waals surface area contributed by atoms with Gasteiger partial charge < -0.3 is 10.1 Å². The number of hydrogen-bond donors (Lipinski definition) is 2. The van der Waals surface area contributed by atoms with Crippen molar-refractivity contribution >= 4 is 33.2 Å². The Morgan fingerprint density at radius 1 is 1.19 bits per heavy atom. The van der Waals surface area contributed by atoms with Gasteiger partial charge in [-0.3, -0.25) is 4.79 Å². The van der Waals surface area contributed by atoms with Crippen LogP contribution in [0.2, 0.25) is 5.02 Å². The van der Waals surface area contributed by atoms with E-state index < -0.39 is 10.0 Å². The largest absolute Gasteiger partial charge is 0.489 e. The SMILES string of the molecule is C=CCOc1cccc(NC(=O)CCNS(=O)(=O)c2ccccc2Cl)c1. The first kappa shape index (κ1) is 20.0.